The van der Waals surface area contributed by atoms with Gasteiger partial charge in [0.2, 0.25) is 12.5 Å². The lowest BCUT2D eigenvalue weighted by Gasteiger charge is -2.30. The molecule has 2 atom stereocenters. The van der Waals surface area contributed by atoms with Gasteiger partial charge < -0.3 is 34.3 Å². The maximum absolute atomic E-state index is 14.0. The quantitative estimate of drug-likeness (QED) is 0.371. The summed E-state index contributed by atoms with van der Waals surface area (Å²) in [5.74, 6) is 2.99. The fourth-order valence-corrected chi connectivity index (χ4v) is 6.00. The molecular weight excluding hydrogens is 552 g/mol. The van der Waals surface area contributed by atoms with Gasteiger partial charge in [-0.3, -0.25) is 4.79 Å². The third-order valence-electron chi connectivity index (χ3n) is 7.27. The number of Topliss-reactive ketones (excluding diaryl/α,β-unsaturated/α-hetero) is 1. The summed E-state index contributed by atoms with van der Waals surface area (Å²) in [4.78, 5) is 14.0. The Morgan fingerprint density at radius 1 is 0.895 bits per heavy atom. The third kappa shape index (κ3) is 4.11. The van der Waals surface area contributed by atoms with Crippen LogP contribution in [0.5, 0.6) is 28.7 Å². The highest BCUT2D eigenvalue weighted by atomic mass is 79.9. The molecule has 0 radical (unpaired) electrons. The predicted octanol–water partition coefficient (Wildman–Crippen LogP) is 6.18. The van der Waals surface area contributed by atoms with Crippen LogP contribution in [-0.4, -0.2) is 33.9 Å². The second kappa shape index (κ2) is 9.79. The second-order valence-electron chi connectivity index (χ2n) is 9.35. The van der Waals surface area contributed by atoms with Crippen LogP contribution in [0.15, 0.2) is 64.3 Å². The van der Waals surface area contributed by atoms with Gasteiger partial charge in [-0.2, -0.15) is 0 Å². The molecule has 2 aliphatic heterocycles. The molecule has 2 heterocycles. The van der Waals surface area contributed by atoms with Crippen LogP contribution in [0.3, 0.4) is 0 Å². The number of allylic oxidation sites excluding steroid dienone is 1. The molecule has 0 unspecified atom stereocenters. The van der Waals surface area contributed by atoms with E-state index < -0.39 is 6.04 Å². The van der Waals surface area contributed by atoms with Gasteiger partial charge in [0.25, 0.3) is 0 Å². The van der Waals surface area contributed by atoms with Crippen molar-refractivity contribution in [2.24, 2.45) is 0 Å². The number of fused-ring (bicyclic) bond motifs is 2. The Kier molecular flexibility index (Phi) is 6.31. The van der Waals surface area contributed by atoms with Crippen LogP contribution in [-0.2, 0) is 4.79 Å². The Hall–Kier alpha value is -3.85. The summed E-state index contributed by atoms with van der Waals surface area (Å²) in [5, 5.41) is 7.20. The molecule has 2 N–H and O–H groups in total. The molecule has 0 aromatic heterocycles. The van der Waals surface area contributed by atoms with Gasteiger partial charge in [0.05, 0.1) is 38.7 Å². The third-order valence-corrected chi connectivity index (χ3v) is 7.96. The van der Waals surface area contributed by atoms with Gasteiger partial charge in [-0.15, -0.1) is 0 Å². The highest BCUT2D eigenvalue weighted by molar-refractivity contribution is 9.10. The molecule has 8 nitrogen and oxygen atoms in total. The maximum Gasteiger partial charge on any atom is 0.231 e. The van der Waals surface area contributed by atoms with Crippen molar-refractivity contribution in [3.8, 4) is 28.7 Å². The first-order chi connectivity index (χ1) is 18.5. The lowest BCUT2D eigenvalue weighted by molar-refractivity contribution is -0.116. The maximum atomic E-state index is 14.0. The van der Waals surface area contributed by atoms with E-state index in [9.17, 15) is 4.79 Å². The lowest BCUT2D eigenvalue weighted by Crippen LogP contribution is -2.27. The number of hydrogen-bond acceptors (Lipinski definition) is 8. The molecule has 0 saturated heterocycles. The Labute approximate surface area is 229 Å². The molecule has 3 aromatic rings. The summed E-state index contributed by atoms with van der Waals surface area (Å²) in [7, 11) is 4.77. The summed E-state index contributed by atoms with van der Waals surface area (Å²) in [5.41, 5.74) is 5.27. The summed E-state index contributed by atoms with van der Waals surface area (Å²) in [6.07, 6.45) is 0.976. The number of anilines is 2. The second-order valence-corrected chi connectivity index (χ2v) is 10.2. The van der Waals surface area contributed by atoms with E-state index in [1.807, 2.05) is 48.5 Å². The van der Waals surface area contributed by atoms with Crippen LogP contribution in [0.25, 0.3) is 0 Å². The van der Waals surface area contributed by atoms with Crippen LogP contribution >= 0.6 is 15.9 Å². The Morgan fingerprint density at radius 2 is 1.58 bits per heavy atom. The van der Waals surface area contributed by atoms with Crippen LogP contribution in [0.1, 0.15) is 35.9 Å². The molecule has 0 fully saturated rings. The van der Waals surface area contributed by atoms with E-state index in [1.54, 1.807) is 21.3 Å². The number of nitrogens with one attached hydrogen (secondary N) is 2. The smallest absolute Gasteiger partial charge is 0.231 e. The van der Waals surface area contributed by atoms with Crippen molar-refractivity contribution in [3.05, 3.63) is 75.4 Å². The van der Waals surface area contributed by atoms with Gasteiger partial charge in [-0.1, -0.05) is 28.1 Å². The van der Waals surface area contributed by atoms with Crippen molar-refractivity contribution < 1.29 is 28.5 Å². The highest BCUT2D eigenvalue weighted by Gasteiger charge is 2.38. The van der Waals surface area contributed by atoms with Gasteiger partial charge in [0.15, 0.2) is 28.8 Å². The van der Waals surface area contributed by atoms with E-state index in [-0.39, 0.29) is 18.5 Å². The van der Waals surface area contributed by atoms with Crippen molar-refractivity contribution in [2.45, 2.75) is 24.8 Å². The Balaban J connectivity index is 1.46. The molecular formula is C29H27BrN2O6. The molecule has 6 rings (SSSR count). The number of ketones is 1. The number of halogens is 1. The van der Waals surface area contributed by atoms with Crippen LogP contribution in [0, 0.1) is 0 Å². The fourth-order valence-electron chi connectivity index (χ4n) is 5.45. The Bertz CT molecular complexity index is 1440. The molecule has 3 aromatic carbocycles. The van der Waals surface area contributed by atoms with Crippen molar-refractivity contribution in [3.63, 3.8) is 0 Å². The number of carbonyl (C=O) groups excluding carboxylic acids is 1. The average Bonchev–Trinajstić information content (AvgIpc) is 3.31. The van der Waals surface area contributed by atoms with E-state index in [4.69, 9.17) is 23.7 Å². The molecule has 0 bridgehead atoms. The molecule has 0 saturated carbocycles. The minimum atomic E-state index is -0.390. The predicted molar refractivity (Wildman–Crippen MR) is 147 cm³/mol. The highest BCUT2D eigenvalue weighted by Crippen LogP contribution is 2.49. The van der Waals surface area contributed by atoms with E-state index in [2.05, 4.69) is 26.6 Å². The zero-order valence-corrected chi connectivity index (χ0v) is 22.8. The number of rotatable bonds is 5. The minimum Gasteiger partial charge on any atom is -0.493 e. The first-order valence-corrected chi connectivity index (χ1v) is 13.1. The molecule has 3 aliphatic rings. The fraction of sp³-hybridized carbons (Fsp3) is 0.276. The average molecular weight is 579 g/mol. The van der Waals surface area contributed by atoms with Crippen molar-refractivity contribution in [1.82, 2.24) is 0 Å². The molecule has 38 heavy (non-hydrogen) atoms. The lowest BCUT2D eigenvalue weighted by atomic mass is 9.78. The number of methoxy groups -OCH3 is 3. The van der Waals surface area contributed by atoms with E-state index >= 15 is 0 Å². The molecule has 0 spiro atoms. The number of benzene rings is 3. The normalized spacial score (nSPS) is 19.5. The number of para-hydroxylation sites is 2. The molecule has 0 amide bonds. The SMILES string of the molecule is COc1cc([C@@H]2CC(=O)C3=C(C2)Nc2ccccc2N[C@H]3c2cc3c(cc2Br)OCO3)cc(OC)c1OC. The first-order valence-electron chi connectivity index (χ1n) is 12.3. The van der Waals surface area contributed by atoms with Gasteiger partial charge in [0.1, 0.15) is 0 Å². The zero-order chi connectivity index (χ0) is 26.4. The van der Waals surface area contributed by atoms with Crippen LogP contribution in [0.2, 0.25) is 0 Å². The standard InChI is InChI=1S/C29H27BrN2O6/c1-34-25-10-16(11-26(35-2)29(25)36-3)15-8-21-27(22(33)9-15)28(32-20-7-5-4-6-19(20)31-21)17-12-23-24(13-18(17)30)38-14-37-23/h4-7,10-13,15,28,31-32H,8-9,14H2,1-3H3/t15-,28-/m0/s1. The topological polar surface area (TPSA) is 87.3 Å². The van der Waals surface area contributed by atoms with Gasteiger partial charge >= 0.3 is 0 Å². The number of ether oxygens (including phenoxy) is 5. The summed E-state index contributed by atoms with van der Waals surface area (Å²) in [6, 6.07) is 15.3. The Morgan fingerprint density at radius 3 is 2.26 bits per heavy atom. The first kappa shape index (κ1) is 24.5. The summed E-state index contributed by atoms with van der Waals surface area (Å²) in [6.45, 7) is 0.178. The van der Waals surface area contributed by atoms with E-state index in [0.29, 0.717) is 47.2 Å². The van der Waals surface area contributed by atoms with Gasteiger partial charge in [-0.05, 0) is 59.9 Å². The molecule has 196 valence electrons. The van der Waals surface area contributed by atoms with Crippen molar-refractivity contribution in [2.75, 3.05) is 38.8 Å². The van der Waals surface area contributed by atoms with Gasteiger partial charge in [-0.25, -0.2) is 0 Å². The molecule has 9 heteroatoms. The van der Waals surface area contributed by atoms with Crippen molar-refractivity contribution >= 4 is 33.1 Å². The summed E-state index contributed by atoms with van der Waals surface area (Å²) < 4.78 is 28.7. The van der Waals surface area contributed by atoms with E-state index in [1.165, 1.54) is 0 Å². The monoisotopic (exact) mass is 578 g/mol. The number of hydrogen-bond donors (Lipinski definition) is 2. The van der Waals surface area contributed by atoms with E-state index in [0.717, 1.165) is 32.7 Å². The minimum absolute atomic E-state index is 0.0624. The molecule has 1 aliphatic carbocycles. The zero-order valence-electron chi connectivity index (χ0n) is 21.2. The van der Waals surface area contributed by atoms with Crippen LogP contribution < -0.4 is 34.3 Å². The number of carbonyl (C=O) groups is 1. The van der Waals surface area contributed by atoms with Gasteiger partial charge in [0, 0.05) is 22.2 Å². The van der Waals surface area contributed by atoms with Crippen LogP contribution in [0.4, 0.5) is 11.4 Å². The van der Waals surface area contributed by atoms with Crippen molar-refractivity contribution in [1.29, 1.82) is 0 Å². The summed E-state index contributed by atoms with van der Waals surface area (Å²) >= 11 is 3.71. The largest absolute Gasteiger partial charge is 0.493 e.